The van der Waals surface area contributed by atoms with Crippen molar-refractivity contribution in [1.82, 2.24) is 4.90 Å². The minimum absolute atomic E-state index is 0.106. The van der Waals surface area contributed by atoms with E-state index >= 15 is 0 Å². The first-order valence-electron chi connectivity index (χ1n) is 7.41. The van der Waals surface area contributed by atoms with Gasteiger partial charge in [-0.15, -0.1) is 0 Å². The van der Waals surface area contributed by atoms with Crippen LogP contribution in [0.2, 0.25) is 0 Å². The van der Waals surface area contributed by atoms with Gasteiger partial charge in [0.1, 0.15) is 17.6 Å². The Morgan fingerprint density at radius 1 is 1.33 bits per heavy atom. The zero-order valence-corrected chi connectivity index (χ0v) is 13.1. The molecule has 114 valence electrons. The van der Waals surface area contributed by atoms with E-state index in [1.165, 1.54) is 12.8 Å². The summed E-state index contributed by atoms with van der Waals surface area (Å²) in [6.07, 6.45) is 2.80. The number of rotatable bonds is 7. The zero-order valence-electron chi connectivity index (χ0n) is 12.3. The average molecular weight is 307 g/mol. The molecule has 0 atom stereocenters. The molecular formula is C16H21NO3S. The van der Waals surface area contributed by atoms with Crippen LogP contribution in [0.15, 0.2) is 24.3 Å². The third kappa shape index (κ3) is 4.06. The van der Waals surface area contributed by atoms with Crippen LogP contribution in [0.1, 0.15) is 12.8 Å². The second-order valence-corrected chi connectivity index (χ2v) is 6.71. The molecule has 1 aliphatic heterocycles. The van der Waals surface area contributed by atoms with Crippen LogP contribution in [-0.4, -0.2) is 48.6 Å². The Balaban J connectivity index is 1.37. The monoisotopic (exact) mass is 307 g/mol. The van der Waals surface area contributed by atoms with Gasteiger partial charge in [-0.3, -0.25) is 4.79 Å². The van der Waals surface area contributed by atoms with Gasteiger partial charge in [0.05, 0.1) is 26.0 Å². The maximum atomic E-state index is 12.0. The van der Waals surface area contributed by atoms with Crippen LogP contribution in [0.4, 0.5) is 0 Å². The summed E-state index contributed by atoms with van der Waals surface area (Å²) in [4.78, 5) is 13.8. The Bertz CT molecular complexity index is 498. The molecule has 21 heavy (non-hydrogen) atoms. The summed E-state index contributed by atoms with van der Waals surface area (Å²) in [7, 11) is 1.64. The number of carbonyl (C=O) groups excluding carboxylic acids is 1. The molecule has 0 aromatic heterocycles. The van der Waals surface area contributed by atoms with Crippen molar-refractivity contribution in [1.29, 1.82) is 0 Å². The highest BCUT2D eigenvalue weighted by Crippen LogP contribution is 2.32. The fourth-order valence-corrected chi connectivity index (χ4v) is 3.41. The second kappa shape index (κ2) is 6.60. The molecule has 0 unspecified atom stereocenters. The first kappa shape index (κ1) is 14.6. The molecule has 1 heterocycles. The number of amides is 1. The number of thioether (sulfide) groups is 1. The molecule has 1 aliphatic carbocycles. The Labute approximate surface area is 129 Å². The van der Waals surface area contributed by atoms with E-state index < -0.39 is 0 Å². The summed E-state index contributed by atoms with van der Waals surface area (Å²) >= 11 is 1.77. The topological polar surface area (TPSA) is 38.8 Å². The minimum Gasteiger partial charge on any atom is -0.497 e. The Kier molecular flexibility index (Phi) is 4.58. The summed E-state index contributed by atoms with van der Waals surface area (Å²) in [6, 6.07) is 7.58. The van der Waals surface area contributed by atoms with Crippen molar-refractivity contribution in [2.24, 2.45) is 5.92 Å². The van der Waals surface area contributed by atoms with Crippen molar-refractivity contribution in [3.05, 3.63) is 24.3 Å². The number of nitrogens with zero attached hydrogens (tertiary/aromatic N) is 1. The van der Waals surface area contributed by atoms with Crippen molar-refractivity contribution in [3.63, 3.8) is 0 Å². The fourth-order valence-electron chi connectivity index (χ4n) is 2.27. The molecule has 5 heteroatoms. The zero-order chi connectivity index (χ0) is 14.7. The Morgan fingerprint density at radius 3 is 2.81 bits per heavy atom. The fraction of sp³-hybridized carbons (Fsp3) is 0.562. The van der Waals surface area contributed by atoms with E-state index in [0.717, 1.165) is 23.2 Å². The Hall–Kier alpha value is -1.36. The number of hydrogen-bond donors (Lipinski definition) is 0. The molecule has 1 amide bonds. The van der Waals surface area contributed by atoms with Crippen LogP contribution < -0.4 is 9.47 Å². The van der Waals surface area contributed by atoms with Gasteiger partial charge in [-0.1, -0.05) is 6.07 Å². The highest BCUT2D eigenvalue weighted by Gasteiger charge is 2.32. The molecule has 1 saturated carbocycles. The number of benzene rings is 1. The average Bonchev–Trinajstić information content (AvgIpc) is 3.26. The normalized spacial score (nSPS) is 18.2. The third-order valence-electron chi connectivity index (χ3n) is 3.82. The van der Waals surface area contributed by atoms with Gasteiger partial charge in [0, 0.05) is 6.07 Å². The molecule has 3 rings (SSSR count). The highest BCUT2D eigenvalue weighted by atomic mass is 32.2. The molecular weight excluding hydrogens is 286 g/mol. The van der Waals surface area contributed by atoms with Gasteiger partial charge in [0.2, 0.25) is 5.91 Å². The van der Waals surface area contributed by atoms with Crippen LogP contribution >= 0.6 is 11.8 Å². The van der Waals surface area contributed by atoms with Crippen molar-refractivity contribution in [3.8, 4) is 11.5 Å². The van der Waals surface area contributed by atoms with Crippen molar-refractivity contribution >= 4 is 17.7 Å². The maximum Gasteiger partial charge on any atom is 0.232 e. The number of methoxy groups -OCH3 is 1. The smallest absolute Gasteiger partial charge is 0.232 e. The summed E-state index contributed by atoms with van der Waals surface area (Å²) in [5.41, 5.74) is 0. The Morgan fingerprint density at radius 2 is 2.10 bits per heavy atom. The van der Waals surface area contributed by atoms with Crippen LogP contribution in [0, 0.1) is 5.92 Å². The third-order valence-corrected chi connectivity index (χ3v) is 4.98. The lowest BCUT2D eigenvalue weighted by Crippen LogP contribution is -2.56. The summed E-state index contributed by atoms with van der Waals surface area (Å²) < 4.78 is 11.0. The van der Waals surface area contributed by atoms with Gasteiger partial charge in [-0.2, -0.15) is 11.8 Å². The number of carbonyl (C=O) groups is 1. The molecule has 0 spiro atoms. The van der Waals surface area contributed by atoms with Gasteiger partial charge >= 0.3 is 0 Å². The summed E-state index contributed by atoms with van der Waals surface area (Å²) in [5.74, 6) is 4.46. The highest BCUT2D eigenvalue weighted by molar-refractivity contribution is 7.99. The minimum atomic E-state index is 0.106. The second-order valence-electron chi connectivity index (χ2n) is 5.68. The van der Waals surface area contributed by atoms with E-state index in [2.05, 4.69) is 0 Å². The van der Waals surface area contributed by atoms with Crippen LogP contribution in [0.3, 0.4) is 0 Å². The predicted molar refractivity (Wildman–Crippen MR) is 84.0 cm³/mol. The maximum absolute atomic E-state index is 12.0. The van der Waals surface area contributed by atoms with Crippen LogP contribution in [-0.2, 0) is 4.79 Å². The molecule has 2 aliphatic rings. The molecule has 0 radical (unpaired) electrons. The largest absolute Gasteiger partial charge is 0.497 e. The number of ether oxygens (including phenoxy) is 2. The molecule has 1 aromatic rings. The molecule has 4 nitrogen and oxygen atoms in total. The van der Waals surface area contributed by atoms with Gasteiger partial charge < -0.3 is 14.4 Å². The van der Waals surface area contributed by atoms with Gasteiger partial charge in [-0.05, 0) is 36.6 Å². The van der Waals surface area contributed by atoms with E-state index in [-0.39, 0.29) is 12.0 Å². The lowest BCUT2D eigenvalue weighted by atomic mass is 10.1. The van der Waals surface area contributed by atoms with Crippen molar-refractivity contribution < 1.29 is 14.3 Å². The number of hydrogen-bond acceptors (Lipinski definition) is 4. The van der Waals surface area contributed by atoms with Gasteiger partial charge in [0.25, 0.3) is 0 Å². The lowest BCUT2D eigenvalue weighted by molar-refractivity contribution is -0.137. The molecule has 1 saturated heterocycles. The first-order chi connectivity index (χ1) is 10.2. The molecule has 2 fully saturated rings. The molecule has 0 bridgehead atoms. The van der Waals surface area contributed by atoms with E-state index in [1.54, 1.807) is 18.9 Å². The van der Waals surface area contributed by atoms with Crippen LogP contribution in [0.5, 0.6) is 11.5 Å². The van der Waals surface area contributed by atoms with E-state index in [0.29, 0.717) is 18.8 Å². The van der Waals surface area contributed by atoms with Gasteiger partial charge in [-0.25, -0.2) is 0 Å². The lowest BCUT2D eigenvalue weighted by Gasteiger charge is -2.39. The molecule has 0 N–H and O–H groups in total. The van der Waals surface area contributed by atoms with E-state index in [4.69, 9.17) is 9.47 Å². The first-order valence-corrected chi connectivity index (χ1v) is 8.56. The SMILES string of the molecule is COc1cccc(OC2CN(C(=O)CSCC3CC3)C2)c1. The van der Waals surface area contributed by atoms with Crippen LogP contribution in [0.25, 0.3) is 0 Å². The standard InChI is InChI=1S/C16H21NO3S/c1-19-13-3-2-4-14(7-13)20-15-8-17(9-15)16(18)11-21-10-12-5-6-12/h2-4,7,12,15H,5-6,8-11H2,1H3. The van der Waals surface area contributed by atoms with Crippen molar-refractivity contribution in [2.75, 3.05) is 31.7 Å². The van der Waals surface area contributed by atoms with Gasteiger partial charge in [0.15, 0.2) is 0 Å². The van der Waals surface area contributed by atoms with Crippen molar-refractivity contribution in [2.45, 2.75) is 18.9 Å². The summed E-state index contributed by atoms with van der Waals surface area (Å²) in [5, 5.41) is 0. The quantitative estimate of drug-likeness (QED) is 0.775. The van der Waals surface area contributed by atoms with E-state index in [9.17, 15) is 4.79 Å². The summed E-state index contributed by atoms with van der Waals surface area (Å²) in [6.45, 7) is 1.39. The number of likely N-dealkylation sites (tertiary alicyclic amines) is 1. The van der Waals surface area contributed by atoms with E-state index in [1.807, 2.05) is 29.2 Å². The molecule has 1 aromatic carbocycles. The predicted octanol–water partition coefficient (Wildman–Crippen LogP) is 2.43.